The fourth-order valence-corrected chi connectivity index (χ4v) is 3.69. The van der Waals surface area contributed by atoms with E-state index in [1.54, 1.807) is 0 Å². The molecule has 1 aromatic heterocycles. The molecule has 3 aromatic rings. The fourth-order valence-electron chi connectivity index (χ4n) is 3.69. The van der Waals surface area contributed by atoms with Crippen LogP contribution in [-0.4, -0.2) is 23.0 Å². The van der Waals surface area contributed by atoms with Crippen LogP contribution in [0.2, 0.25) is 0 Å². The van der Waals surface area contributed by atoms with Crippen LogP contribution in [0, 0.1) is 6.92 Å². The Balaban J connectivity index is 1.74. The summed E-state index contributed by atoms with van der Waals surface area (Å²) in [7, 11) is 0. The monoisotopic (exact) mass is 332 g/mol. The number of fused-ring (bicyclic) bond motifs is 3. The second-order valence-electron chi connectivity index (χ2n) is 6.71. The van der Waals surface area contributed by atoms with Crippen molar-refractivity contribution in [3.63, 3.8) is 0 Å². The van der Waals surface area contributed by atoms with Crippen LogP contribution in [0.1, 0.15) is 23.7 Å². The molecule has 2 heterocycles. The Morgan fingerprint density at radius 3 is 2.84 bits per heavy atom. The van der Waals surface area contributed by atoms with Gasteiger partial charge in [-0.2, -0.15) is 0 Å². The second kappa shape index (κ2) is 6.32. The number of H-pyrrole nitrogens is 1. The number of nitrogens with one attached hydrogen (secondary N) is 1. The van der Waals surface area contributed by atoms with E-state index in [0.717, 1.165) is 25.4 Å². The molecule has 1 N–H and O–H groups in total. The molecule has 0 spiro atoms. The summed E-state index contributed by atoms with van der Waals surface area (Å²) < 4.78 is 5.61. The predicted octanol–water partition coefficient (Wildman–Crippen LogP) is 5.01. The van der Waals surface area contributed by atoms with Gasteiger partial charge in [0.05, 0.1) is 6.61 Å². The van der Waals surface area contributed by atoms with Crippen molar-refractivity contribution in [3.8, 4) is 11.1 Å². The first kappa shape index (κ1) is 15.8. The van der Waals surface area contributed by atoms with Crippen molar-refractivity contribution in [3.05, 3.63) is 71.7 Å². The molecule has 0 amide bonds. The Bertz CT molecular complexity index is 938. The highest BCUT2D eigenvalue weighted by Gasteiger charge is 2.22. The topological polar surface area (TPSA) is 28.3 Å². The van der Waals surface area contributed by atoms with Crippen molar-refractivity contribution in [1.29, 1.82) is 0 Å². The van der Waals surface area contributed by atoms with Crippen LogP contribution >= 0.6 is 0 Å². The van der Waals surface area contributed by atoms with Crippen LogP contribution in [0.15, 0.2) is 54.9 Å². The SMILES string of the molecule is C=C(OCC)N1CCc2[nH]c3ccc(-c4cccc(C)c4)cc3c2C1. The minimum atomic E-state index is 0.660. The zero-order valence-corrected chi connectivity index (χ0v) is 14.9. The number of rotatable bonds is 4. The largest absolute Gasteiger partial charge is 0.480 e. The number of aromatic amines is 1. The first-order valence-electron chi connectivity index (χ1n) is 8.93. The lowest BCUT2D eigenvalue weighted by molar-refractivity contribution is 0.114. The van der Waals surface area contributed by atoms with E-state index in [1.165, 1.54) is 38.9 Å². The maximum absolute atomic E-state index is 5.61. The average Bonchev–Trinajstić information content (AvgIpc) is 2.99. The van der Waals surface area contributed by atoms with Crippen molar-refractivity contribution >= 4 is 10.9 Å². The van der Waals surface area contributed by atoms with Gasteiger partial charge in [0.1, 0.15) is 0 Å². The molecule has 0 aliphatic carbocycles. The number of hydrogen-bond donors (Lipinski definition) is 1. The van der Waals surface area contributed by atoms with Gasteiger partial charge in [0.25, 0.3) is 0 Å². The molecule has 128 valence electrons. The molecule has 0 saturated heterocycles. The molecule has 0 fully saturated rings. The van der Waals surface area contributed by atoms with Crippen molar-refractivity contribution in [1.82, 2.24) is 9.88 Å². The van der Waals surface area contributed by atoms with Gasteiger partial charge in [-0.3, -0.25) is 0 Å². The lowest BCUT2D eigenvalue weighted by Gasteiger charge is -2.30. The van der Waals surface area contributed by atoms with Gasteiger partial charge in [-0.1, -0.05) is 35.9 Å². The predicted molar refractivity (Wildman–Crippen MR) is 103 cm³/mol. The van der Waals surface area contributed by atoms with Gasteiger partial charge in [-0.25, -0.2) is 0 Å². The maximum Gasteiger partial charge on any atom is 0.182 e. The van der Waals surface area contributed by atoms with Crippen molar-refractivity contribution in [2.45, 2.75) is 26.8 Å². The first-order valence-corrected chi connectivity index (χ1v) is 8.93. The van der Waals surface area contributed by atoms with E-state index in [-0.39, 0.29) is 0 Å². The minimum Gasteiger partial charge on any atom is -0.480 e. The third-order valence-electron chi connectivity index (χ3n) is 4.99. The fraction of sp³-hybridized carbons (Fsp3) is 0.273. The molecule has 0 bridgehead atoms. The molecule has 3 nitrogen and oxygen atoms in total. The minimum absolute atomic E-state index is 0.660. The quantitative estimate of drug-likeness (QED) is 0.680. The molecular weight excluding hydrogens is 308 g/mol. The van der Waals surface area contributed by atoms with Crippen LogP contribution in [0.4, 0.5) is 0 Å². The lowest BCUT2D eigenvalue weighted by atomic mass is 9.99. The molecule has 0 unspecified atom stereocenters. The highest BCUT2D eigenvalue weighted by atomic mass is 16.5. The number of nitrogens with zero attached hydrogens (tertiary/aromatic N) is 1. The molecule has 0 atom stereocenters. The summed E-state index contributed by atoms with van der Waals surface area (Å²) in [6.45, 7) is 10.7. The molecule has 1 aliphatic heterocycles. The standard InChI is InChI=1S/C22H24N2O/c1-4-25-16(3)24-11-10-22-20(14-24)19-13-18(8-9-21(19)23-22)17-7-5-6-15(2)12-17/h5-9,12-13,23H,3-4,10-11,14H2,1-2H3. The molecule has 25 heavy (non-hydrogen) atoms. The van der Waals surface area contributed by atoms with E-state index in [9.17, 15) is 0 Å². The summed E-state index contributed by atoms with van der Waals surface area (Å²) in [4.78, 5) is 5.83. The molecule has 3 heteroatoms. The van der Waals surface area contributed by atoms with Crippen LogP contribution in [0.3, 0.4) is 0 Å². The van der Waals surface area contributed by atoms with E-state index in [2.05, 4.69) is 65.9 Å². The molecule has 1 aliphatic rings. The van der Waals surface area contributed by atoms with Gasteiger partial charge in [-0.15, -0.1) is 0 Å². The summed E-state index contributed by atoms with van der Waals surface area (Å²) in [6, 6.07) is 15.4. The number of ether oxygens (including phenoxy) is 1. The summed E-state index contributed by atoms with van der Waals surface area (Å²) in [5.74, 6) is 0.775. The van der Waals surface area contributed by atoms with Crippen LogP contribution < -0.4 is 0 Å². The number of benzene rings is 2. The van der Waals surface area contributed by atoms with E-state index in [0.29, 0.717) is 6.61 Å². The van der Waals surface area contributed by atoms with Gasteiger partial charge >= 0.3 is 0 Å². The molecule has 0 saturated carbocycles. The number of hydrogen-bond acceptors (Lipinski definition) is 2. The van der Waals surface area contributed by atoms with Crippen LogP contribution in [0.5, 0.6) is 0 Å². The van der Waals surface area contributed by atoms with Crippen molar-refractivity contribution in [2.24, 2.45) is 0 Å². The maximum atomic E-state index is 5.61. The normalized spacial score (nSPS) is 13.8. The van der Waals surface area contributed by atoms with Gasteiger partial charge in [0.2, 0.25) is 0 Å². The van der Waals surface area contributed by atoms with Gasteiger partial charge in [0.15, 0.2) is 5.88 Å². The molecular formula is C22H24N2O. The van der Waals surface area contributed by atoms with Crippen molar-refractivity contribution < 1.29 is 4.74 Å². The van der Waals surface area contributed by atoms with E-state index in [4.69, 9.17) is 4.74 Å². The highest BCUT2D eigenvalue weighted by molar-refractivity contribution is 5.89. The highest BCUT2D eigenvalue weighted by Crippen LogP contribution is 2.32. The smallest absolute Gasteiger partial charge is 0.182 e. The third-order valence-corrected chi connectivity index (χ3v) is 4.99. The van der Waals surface area contributed by atoms with E-state index < -0.39 is 0 Å². The zero-order valence-electron chi connectivity index (χ0n) is 14.9. The molecule has 4 rings (SSSR count). The van der Waals surface area contributed by atoms with E-state index in [1.807, 2.05) is 6.92 Å². The Hall–Kier alpha value is -2.68. The molecule has 2 aromatic carbocycles. The number of aryl methyl sites for hydroxylation is 1. The van der Waals surface area contributed by atoms with E-state index >= 15 is 0 Å². The zero-order chi connectivity index (χ0) is 17.4. The third kappa shape index (κ3) is 2.91. The Kier molecular flexibility index (Phi) is 4.00. The Morgan fingerprint density at radius 2 is 2.04 bits per heavy atom. The Labute approximate surface area is 148 Å². The first-order chi connectivity index (χ1) is 12.2. The van der Waals surface area contributed by atoms with Gasteiger partial charge < -0.3 is 14.6 Å². The van der Waals surface area contributed by atoms with Gasteiger partial charge in [-0.05, 0) is 43.7 Å². The number of aromatic nitrogens is 1. The summed E-state index contributed by atoms with van der Waals surface area (Å²) in [6.07, 6.45) is 0.996. The summed E-state index contributed by atoms with van der Waals surface area (Å²) >= 11 is 0. The van der Waals surface area contributed by atoms with Crippen molar-refractivity contribution in [2.75, 3.05) is 13.2 Å². The lowest BCUT2D eigenvalue weighted by Crippen LogP contribution is -2.30. The Morgan fingerprint density at radius 1 is 1.20 bits per heavy atom. The second-order valence-corrected chi connectivity index (χ2v) is 6.71. The molecule has 0 radical (unpaired) electrons. The summed E-state index contributed by atoms with van der Waals surface area (Å²) in [5.41, 5.74) is 7.74. The van der Waals surface area contributed by atoms with Crippen LogP contribution in [-0.2, 0) is 17.7 Å². The van der Waals surface area contributed by atoms with Gasteiger partial charge in [0, 0.05) is 41.7 Å². The van der Waals surface area contributed by atoms with Crippen LogP contribution in [0.25, 0.3) is 22.0 Å². The summed E-state index contributed by atoms with van der Waals surface area (Å²) in [5, 5.41) is 1.31. The average molecular weight is 332 g/mol.